The fourth-order valence-electron chi connectivity index (χ4n) is 2.72. The number of fused-ring (bicyclic) bond motifs is 1. The summed E-state index contributed by atoms with van der Waals surface area (Å²) in [6.07, 6.45) is 2.02. The topological polar surface area (TPSA) is 18.5 Å². The molecule has 1 heterocycles. The van der Waals surface area contributed by atoms with Crippen LogP contribution >= 0.6 is 0 Å². The van der Waals surface area contributed by atoms with Crippen LogP contribution in [0.25, 0.3) is 0 Å². The first kappa shape index (κ1) is 14.0. The van der Waals surface area contributed by atoms with Gasteiger partial charge in [0.1, 0.15) is 17.2 Å². The quantitative estimate of drug-likeness (QED) is 0.776. The first-order valence-corrected chi connectivity index (χ1v) is 7.73. The molecule has 2 heteroatoms. The van der Waals surface area contributed by atoms with Crippen LogP contribution in [-0.2, 0) is 12.8 Å². The molecule has 0 atom stereocenters. The van der Waals surface area contributed by atoms with Crippen LogP contribution < -0.4 is 9.47 Å². The monoisotopic (exact) mass is 282 g/mol. The van der Waals surface area contributed by atoms with Crippen LogP contribution in [0.2, 0.25) is 0 Å². The zero-order valence-electron chi connectivity index (χ0n) is 13.0. The molecule has 0 bridgehead atoms. The zero-order valence-corrected chi connectivity index (χ0v) is 13.0. The van der Waals surface area contributed by atoms with Gasteiger partial charge in [-0.05, 0) is 47.7 Å². The number of hydrogen-bond acceptors (Lipinski definition) is 2. The summed E-state index contributed by atoms with van der Waals surface area (Å²) >= 11 is 0. The summed E-state index contributed by atoms with van der Waals surface area (Å²) in [6.45, 7) is 7.37. The average molecular weight is 282 g/mol. The molecule has 0 saturated carbocycles. The van der Waals surface area contributed by atoms with Crippen LogP contribution in [0.4, 0.5) is 0 Å². The summed E-state index contributed by atoms with van der Waals surface area (Å²) in [5, 5.41) is 0. The van der Waals surface area contributed by atoms with Crippen molar-refractivity contribution in [1.29, 1.82) is 0 Å². The van der Waals surface area contributed by atoms with Gasteiger partial charge in [0, 0.05) is 12.0 Å². The standard InChI is InChI=1S/C19H22O2/c1-4-14-5-7-19(17(11-14)13(2)3)21-16-6-8-18-15(12-16)9-10-20-18/h5-8,11-13H,4,9-10H2,1-3H3. The highest BCUT2D eigenvalue weighted by atomic mass is 16.5. The number of rotatable bonds is 4. The maximum Gasteiger partial charge on any atom is 0.130 e. The molecule has 0 spiro atoms. The van der Waals surface area contributed by atoms with E-state index in [1.165, 1.54) is 16.7 Å². The summed E-state index contributed by atoms with van der Waals surface area (Å²) in [5.41, 5.74) is 3.86. The van der Waals surface area contributed by atoms with E-state index in [9.17, 15) is 0 Å². The van der Waals surface area contributed by atoms with E-state index in [1.807, 2.05) is 12.1 Å². The molecule has 2 nitrogen and oxygen atoms in total. The van der Waals surface area contributed by atoms with Crippen molar-refractivity contribution in [3.63, 3.8) is 0 Å². The minimum Gasteiger partial charge on any atom is -0.493 e. The van der Waals surface area contributed by atoms with Gasteiger partial charge in [0.25, 0.3) is 0 Å². The predicted octanol–water partition coefficient (Wildman–Crippen LogP) is 5.10. The van der Waals surface area contributed by atoms with Crippen LogP contribution in [0.15, 0.2) is 36.4 Å². The van der Waals surface area contributed by atoms with Gasteiger partial charge in [-0.15, -0.1) is 0 Å². The van der Waals surface area contributed by atoms with Crippen molar-refractivity contribution in [1.82, 2.24) is 0 Å². The van der Waals surface area contributed by atoms with Gasteiger partial charge in [-0.2, -0.15) is 0 Å². The smallest absolute Gasteiger partial charge is 0.130 e. The highest BCUT2D eigenvalue weighted by Crippen LogP contribution is 2.34. The molecular weight excluding hydrogens is 260 g/mol. The number of ether oxygens (including phenoxy) is 2. The van der Waals surface area contributed by atoms with Gasteiger partial charge >= 0.3 is 0 Å². The summed E-state index contributed by atoms with van der Waals surface area (Å²) in [5.74, 6) is 3.29. The van der Waals surface area contributed by atoms with Crippen molar-refractivity contribution in [3.05, 3.63) is 53.1 Å². The third kappa shape index (κ3) is 2.90. The van der Waals surface area contributed by atoms with Crippen molar-refractivity contribution >= 4 is 0 Å². The largest absolute Gasteiger partial charge is 0.493 e. The maximum absolute atomic E-state index is 6.14. The van der Waals surface area contributed by atoms with Crippen molar-refractivity contribution < 1.29 is 9.47 Å². The Hall–Kier alpha value is -1.96. The Kier molecular flexibility index (Phi) is 3.87. The van der Waals surface area contributed by atoms with E-state index in [2.05, 4.69) is 45.0 Å². The van der Waals surface area contributed by atoms with Crippen molar-refractivity contribution in [2.75, 3.05) is 6.61 Å². The summed E-state index contributed by atoms with van der Waals surface area (Å²) < 4.78 is 11.7. The van der Waals surface area contributed by atoms with Crippen LogP contribution in [0.5, 0.6) is 17.2 Å². The molecule has 3 rings (SSSR count). The van der Waals surface area contributed by atoms with Crippen LogP contribution in [-0.4, -0.2) is 6.61 Å². The van der Waals surface area contributed by atoms with Crippen LogP contribution in [0, 0.1) is 0 Å². The Morgan fingerprint density at radius 2 is 2.00 bits per heavy atom. The Morgan fingerprint density at radius 3 is 2.76 bits per heavy atom. The number of benzene rings is 2. The molecule has 0 saturated heterocycles. The molecule has 1 aliphatic heterocycles. The van der Waals surface area contributed by atoms with E-state index in [0.29, 0.717) is 5.92 Å². The first-order valence-electron chi connectivity index (χ1n) is 7.73. The molecule has 0 aromatic heterocycles. The van der Waals surface area contributed by atoms with Gasteiger partial charge < -0.3 is 9.47 Å². The lowest BCUT2D eigenvalue weighted by Gasteiger charge is -2.15. The minimum absolute atomic E-state index is 0.448. The summed E-state index contributed by atoms with van der Waals surface area (Å²) in [7, 11) is 0. The predicted molar refractivity (Wildman–Crippen MR) is 85.6 cm³/mol. The van der Waals surface area contributed by atoms with Gasteiger partial charge in [-0.25, -0.2) is 0 Å². The van der Waals surface area contributed by atoms with E-state index in [0.717, 1.165) is 36.7 Å². The molecule has 1 aliphatic rings. The molecule has 0 unspecified atom stereocenters. The van der Waals surface area contributed by atoms with Crippen LogP contribution in [0.3, 0.4) is 0 Å². The highest BCUT2D eigenvalue weighted by molar-refractivity contribution is 5.46. The van der Waals surface area contributed by atoms with Crippen molar-refractivity contribution in [3.8, 4) is 17.2 Å². The molecule has 0 amide bonds. The normalized spacial score (nSPS) is 13.1. The second kappa shape index (κ2) is 5.80. The van der Waals surface area contributed by atoms with Gasteiger partial charge in [0.15, 0.2) is 0 Å². The van der Waals surface area contributed by atoms with Gasteiger partial charge in [0.05, 0.1) is 6.61 Å². The lowest BCUT2D eigenvalue weighted by Crippen LogP contribution is -1.96. The van der Waals surface area contributed by atoms with Crippen molar-refractivity contribution in [2.45, 2.75) is 39.5 Å². The number of aryl methyl sites for hydroxylation is 1. The highest BCUT2D eigenvalue weighted by Gasteiger charge is 2.14. The van der Waals surface area contributed by atoms with E-state index in [4.69, 9.17) is 9.47 Å². The Morgan fingerprint density at radius 1 is 1.14 bits per heavy atom. The summed E-state index contributed by atoms with van der Waals surface area (Å²) in [6, 6.07) is 12.6. The Bertz CT molecular complexity index is 644. The number of hydrogen-bond donors (Lipinski definition) is 0. The van der Waals surface area contributed by atoms with Gasteiger partial charge in [-0.1, -0.05) is 32.9 Å². The molecule has 110 valence electrons. The Labute approximate surface area is 126 Å². The molecule has 0 radical (unpaired) electrons. The van der Waals surface area contributed by atoms with E-state index < -0.39 is 0 Å². The molecule has 0 aliphatic carbocycles. The lowest BCUT2D eigenvalue weighted by atomic mass is 9.98. The molecule has 0 fully saturated rings. The molecular formula is C19H22O2. The fourth-order valence-corrected chi connectivity index (χ4v) is 2.72. The van der Waals surface area contributed by atoms with E-state index in [1.54, 1.807) is 0 Å². The molecule has 21 heavy (non-hydrogen) atoms. The average Bonchev–Trinajstić information content (AvgIpc) is 2.95. The van der Waals surface area contributed by atoms with Crippen LogP contribution in [0.1, 0.15) is 43.4 Å². The zero-order chi connectivity index (χ0) is 14.8. The third-order valence-electron chi connectivity index (χ3n) is 3.99. The second-order valence-electron chi connectivity index (χ2n) is 5.85. The maximum atomic E-state index is 6.14. The van der Waals surface area contributed by atoms with E-state index in [-0.39, 0.29) is 0 Å². The van der Waals surface area contributed by atoms with Crippen molar-refractivity contribution in [2.24, 2.45) is 0 Å². The Balaban J connectivity index is 1.90. The van der Waals surface area contributed by atoms with Gasteiger partial charge in [-0.3, -0.25) is 0 Å². The molecule has 2 aromatic rings. The summed E-state index contributed by atoms with van der Waals surface area (Å²) in [4.78, 5) is 0. The molecule has 0 N–H and O–H groups in total. The van der Waals surface area contributed by atoms with E-state index >= 15 is 0 Å². The molecule has 2 aromatic carbocycles. The first-order chi connectivity index (χ1) is 10.2. The third-order valence-corrected chi connectivity index (χ3v) is 3.99. The lowest BCUT2D eigenvalue weighted by molar-refractivity contribution is 0.356. The minimum atomic E-state index is 0.448. The second-order valence-corrected chi connectivity index (χ2v) is 5.85. The van der Waals surface area contributed by atoms with Gasteiger partial charge in [0.2, 0.25) is 0 Å². The SMILES string of the molecule is CCc1ccc(Oc2ccc3c(c2)CCO3)c(C(C)C)c1. The fraction of sp³-hybridized carbons (Fsp3) is 0.368.